The first-order valence-corrected chi connectivity index (χ1v) is 6.76. The van der Waals surface area contributed by atoms with Gasteiger partial charge >= 0.3 is 0 Å². The third kappa shape index (κ3) is 4.88. The van der Waals surface area contributed by atoms with Gasteiger partial charge in [0.2, 0.25) is 5.91 Å². The molecule has 0 fully saturated rings. The molecule has 1 amide bonds. The van der Waals surface area contributed by atoms with Gasteiger partial charge in [-0.15, -0.1) is 0 Å². The molecular weight excluding hydrogens is 224 g/mol. The van der Waals surface area contributed by atoms with Crippen LogP contribution in [0.5, 0.6) is 0 Å². The number of hydrogen-bond acceptors (Lipinski definition) is 2. The molecule has 0 bridgehead atoms. The summed E-state index contributed by atoms with van der Waals surface area (Å²) in [5.74, 6) is 0.0932. The Hall–Kier alpha value is -1.35. The first kappa shape index (κ1) is 14.7. The Balaban J connectivity index is 2.42. The second-order valence-electron chi connectivity index (χ2n) is 4.64. The van der Waals surface area contributed by atoms with E-state index in [4.69, 9.17) is 5.73 Å². The molecule has 0 radical (unpaired) electrons. The molecule has 0 saturated carbocycles. The average Bonchev–Trinajstić information content (AvgIpc) is 2.35. The number of carbonyl (C=O) groups excluding carboxylic acids is 1. The van der Waals surface area contributed by atoms with Crippen molar-refractivity contribution in [3.63, 3.8) is 0 Å². The minimum Gasteiger partial charge on any atom is -0.330 e. The molecule has 0 aliphatic carbocycles. The molecular formula is C15H24N2O. The fourth-order valence-corrected chi connectivity index (χ4v) is 2.00. The zero-order valence-electron chi connectivity index (χ0n) is 11.5. The summed E-state index contributed by atoms with van der Waals surface area (Å²) >= 11 is 0. The van der Waals surface area contributed by atoms with Crippen molar-refractivity contribution in [2.45, 2.75) is 46.0 Å². The van der Waals surface area contributed by atoms with E-state index in [2.05, 4.69) is 25.2 Å². The summed E-state index contributed by atoms with van der Waals surface area (Å²) in [4.78, 5) is 11.7. The summed E-state index contributed by atoms with van der Waals surface area (Å²) in [6.07, 6.45) is 4.54. The lowest BCUT2D eigenvalue weighted by Gasteiger charge is -2.08. The molecule has 18 heavy (non-hydrogen) atoms. The quantitative estimate of drug-likeness (QED) is 0.729. The molecule has 1 rings (SSSR count). The maximum atomic E-state index is 11.7. The van der Waals surface area contributed by atoms with Crippen molar-refractivity contribution < 1.29 is 4.79 Å². The summed E-state index contributed by atoms with van der Waals surface area (Å²) in [6.45, 7) is 4.92. The Kier molecular flexibility index (Phi) is 6.44. The second kappa shape index (κ2) is 7.88. The summed E-state index contributed by atoms with van der Waals surface area (Å²) in [5, 5.41) is 2.94. The number of hydrogen-bond donors (Lipinski definition) is 2. The van der Waals surface area contributed by atoms with E-state index in [1.807, 2.05) is 12.1 Å². The van der Waals surface area contributed by atoms with Gasteiger partial charge in [-0.3, -0.25) is 4.79 Å². The van der Waals surface area contributed by atoms with Crippen LogP contribution in [-0.4, -0.2) is 12.5 Å². The van der Waals surface area contributed by atoms with Crippen LogP contribution in [0.1, 0.15) is 43.7 Å². The number of unbranched alkanes of at least 4 members (excludes halogenated alkanes) is 2. The fraction of sp³-hybridized carbons (Fsp3) is 0.533. The maximum Gasteiger partial charge on any atom is 0.224 e. The van der Waals surface area contributed by atoms with Gasteiger partial charge in [0.1, 0.15) is 0 Å². The van der Waals surface area contributed by atoms with E-state index in [0.717, 1.165) is 31.4 Å². The van der Waals surface area contributed by atoms with E-state index in [1.54, 1.807) is 0 Å². The highest BCUT2D eigenvalue weighted by Crippen LogP contribution is 2.16. The number of carbonyl (C=O) groups is 1. The van der Waals surface area contributed by atoms with E-state index < -0.39 is 0 Å². The van der Waals surface area contributed by atoms with Crippen LogP contribution < -0.4 is 11.1 Å². The SMILES string of the molecule is CCc1ccc(NC(=O)CCCCCN)cc1C. The Morgan fingerprint density at radius 1 is 1.28 bits per heavy atom. The number of rotatable bonds is 7. The van der Waals surface area contributed by atoms with Crippen molar-refractivity contribution in [2.75, 3.05) is 11.9 Å². The van der Waals surface area contributed by atoms with Crippen LogP contribution >= 0.6 is 0 Å². The van der Waals surface area contributed by atoms with Crippen LogP contribution in [-0.2, 0) is 11.2 Å². The summed E-state index contributed by atoms with van der Waals surface area (Å²) in [5.41, 5.74) is 8.87. The van der Waals surface area contributed by atoms with Crippen molar-refractivity contribution in [3.8, 4) is 0 Å². The first-order valence-electron chi connectivity index (χ1n) is 6.76. The van der Waals surface area contributed by atoms with Crippen molar-refractivity contribution in [1.29, 1.82) is 0 Å². The van der Waals surface area contributed by atoms with Gasteiger partial charge in [-0.25, -0.2) is 0 Å². The van der Waals surface area contributed by atoms with Crippen molar-refractivity contribution in [1.82, 2.24) is 0 Å². The van der Waals surface area contributed by atoms with E-state index >= 15 is 0 Å². The molecule has 100 valence electrons. The highest BCUT2D eigenvalue weighted by Gasteiger charge is 2.03. The minimum atomic E-state index is 0.0932. The molecule has 0 spiro atoms. The Morgan fingerprint density at radius 2 is 2.06 bits per heavy atom. The van der Waals surface area contributed by atoms with E-state index in [0.29, 0.717) is 13.0 Å². The summed E-state index contributed by atoms with van der Waals surface area (Å²) in [7, 11) is 0. The molecule has 3 N–H and O–H groups in total. The Bertz CT molecular complexity index is 388. The predicted molar refractivity (Wildman–Crippen MR) is 76.7 cm³/mol. The fourth-order valence-electron chi connectivity index (χ4n) is 2.00. The molecule has 0 unspecified atom stereocenters. The van der Waals surface area contributed by atoms with Crippen LogP contribution in [0.25, 0.3) is 0 Å². The lowest BCUT2D eigenvalue weighted by molar-refractivity contribution is -0.116. The van der Waals surface area contributed by atoms with Gasteiger partial charge in [-0.05, 0) is 56.0 Å². The topological polar surface area (TPSA) is 55.1 Å². The smallest absolute Gasteiger partial charge is 0.224 e. The Morgan fingerprint density at radius 3 is 2.67 bits per heavy atom. The molecule has 0 aromatic heterocycles. The number of nitrogens with two attached hydrogens (primary N) is 1. The van der Waals surface area contributed by atoms with Gasteiger partial charge in [-0.1, -0.05) is 19.4 Å². The van der Waals surface area contributed by atoms with Gasteiger partial charge in [0.15, 0.2) is 0 Å². The summed E-state index contributed by atoms with van der Waals surface area (Å²) < 4.78 is 0. The molecule has 3 heteroatoms. The maximum absolute atomic E-state index is 11.7. The number of amides is 1. The highest BCUT2D eigenvalue weighted by molar-refractivity contribution is 5.90. The van der Waals surface area contributed by atoms with E-state index in [-0.39, 0.29) is 5.91 Å². The zero-order valence-corrected chi connectivity index (χ0v) is 11.5. The Labute approximate surface area is 110 Å². The molecule has 0 aliphatic rings. The molecule has 3 nitrogen and oxygen atoms in total. The lowest BCUT2D eigenvalue weighted by atomic mass is 10.1. The van der Waals surface area contributed by atoms with Crippen LogP contribution in [0, 0.1) is 6.92 Å². The van der Waals surface area contributed by atoms with Gasteiger partial charge < -0.3 is 11.1 Å². The number of anilines is 1. The predicted octanol–water partition coefficient (Wildman–Crippen LogP) is 3.02. The van der Waals surface area contributed by atoms with Gasteiger partial charge in [-0.2, -0.15) is 0 Å². The van der Waals surface area contributed by atoms with Crippen molar-refractivity contribution >= 4 is 11.6 Å². The van der Waals surface area contributed by atoms with E-state index in [9.17, 15) is 4.79 Å². The molecule has 0 aliphatic heterocycles. The highest BCUT2D eigenvalue weighted by atomic mass is 16.1. The average molecular weight is 248 g/mol. The standard InChI is InChI=1S/C15H24N2O/c1-3-13-8-9-14(11-12(13)2)17-15(18)7-5-4-6-10-16/h8-9,11H,3-7,10,16H2,1-2H3,(H,17,18). The van der Waals surface area contributed by atoms with Gasteiger partial charge in [0, 0.05) is 12.1 Å². The second-order valence-corrected chi connectivity index (χ2v) is 4.64. The van der Waals surface area contributed by atoms with Crippen LogP contribution in [0.4, 0.5) is 5.69 Å². The molecule has 0 heterocycles. The molecule has 1 aromatic carbocycles. The first-order chi connectivity index (χ1) is 8.67. The third-order valence-electron chi connectivity index (χ3n) is 3.12. The van der Waals surface area contributed by atoms with Gasteiger partial charge in [0.05, 0.1) is 0 Å². The largest absolute Gasteiger partial charge is 0.330 e. The molecule has 0 saturated heterocycles. The lowest BCUT2D eigenvalue weighted by Crippen LogP contribution is -2.11. The van der Waals surface area contributed by atoms with Crippen molar-refractivity contribution in [2.24, 2.45) is 5.73 Å². The number of nitrogens with one attached hydrogen (secondary N) is 1. The van der Waals surface area contributed by atoms with Gasteiger partial charge in [0.25, 0.3) is 0 Å². The number of benzene rings is 1. The number of aryl methyl sites for hydroxylation is 2. The van der Waals surface area contributed by atoms with Crippen LogP contribution in [0.2, 0.25) is 0 Å². The van der Waals surface area contributed by atoms with Crippen LogP contribution in [0.3, 0.4) is 0 Å². The van der Waals surface area contributed by atoms with Crippen LogP contribution in [0.15, 0.2) is 18.2 Å². The molecule has 0 atom stereocenters. The third-order valence-corrected chi connectivity index (χ3v) is 3.12. The normalized spacial score (nSPS) is 10.4. The zero-order chi connectivity index (χ0) is 13.4. The summed E-state index contributed by atoms with van der Waals surface area (Å²) in [6, 6.07) is 6.10. The monoisotopic (exact) mass is 248 g/mol. The minimum absolute atomic E-state index is 0.0932. The van der Waals surface area contributed by atoms with E-state index in [1.165, 1.54) is 11.1 Å². The molecule has 1 aromatic rings. The van der Waals surface area contributed by atoms with Crippen molar-refractivity contribution in [3.05, 3.63) is 29.3 Å².